The monoisotopic (exact) mass is 263 g/mol. The molecule has 0 unspecified atom stereocenters. The molecule has 0 amide bonds. The SMILES string of the molecule is CCN(CCNS(=O)(=O)CCCCN)C1CC1. The number of nitrogens with two attached hydrogens (primary N) is 1. The van der Waals surface area contributed by atoms with Crippen LogP contribution in [0.5, 0.6) is 0 Å². The molecule has 0 heterocycles. The Morgan fingerprint density at radius 3 is 2.59 bits per heavy atom. The molecule has 1 saturated carbocycles. The lowest BCUT2D eigenvalue weighted by molar-refractivity contribution is 0.282. The molecule has 3 N–H and O–H groups in total. The van der Waals surface area contributed by atoms with E-state index in [-0.39, 0.29) is 5.75 Å². The fourth-order valence-corrected chi connectivity index (χ4v) is 3.02. The molecule has 0 aliphatic heterocycles. The van der Waals surface area contributed by atoms with Crippen molar-refractivity contribution in [3.8, 4) is 0 Å². The summed E-state index contributed by atoms with van der Waals surface area (Å²) in [4.78, 5) is 2.34. The van der Waals surface area contributed by atoms with E-state index in [1.54, 1.807) is 0 Å². The lowest BCUT2D eigenvalue weighted by atomic mass is 10.3. The molecule has 1 aliphatic rings. The molecule has 0 aromatic rings. The first-order valence-electron chi connectivity index (χ1n) is 6.50. The van der Waals surface area contributed by atoms with Gasteiger partial charge < -0.3 is 5.73 Å². The van der Waals surface area contributed by atoms with Crippen molar-refractivity contribution in [2.45, 2.75) is 38.6 Å². The molecule has 0 saturated heterocycles. The zero-order valence-electron chi connectivity index (χ0n) is 10.7. The van der Waals surface area contributed by atoms with E-state index in [1.165, 1.54) is 12.8 Å². The molecule has 1 fully saturated rings. The van der Waals surface area contributed by atoms with E-state index in [1.807, 2.05) is 0 Å². The number of hydrogen-bond donors (Lipinski definition) is 2. The molecule has 6 heteroatoms. The van der Waals surface area contributed by atoms with E-state index in [0.717, 1.165) is 19.5 Å². The van der Waals surface area contributed by atoms with Crippen molar-refractivity contribution in [3.63, 3.8) is 0 Å². The second-order valence-electron chi connectivity index (χ2n) is 4.57. The summed E-state index contributed by atoms with van der Waals surface area (Å²) in [6.07, 6.45) is 3.93. The summed E-state index contributed by atoms with van der Waals surface area (Å²) in [5.74, 6) is 0.194. The van der Waals surface area contributed by atoms with Gasteiger partial charge in [-0.25, -0.2) is 13.1 Å². The molecule has 5 nitrogen and oxygen atoms in total. The third kappa shape index (κ3) is 6.35. The normalized spacial score (nSPS) is 16.6. The van der Waals surface area contributed by atoms with E-state index in [0.29, 0.717) is 25.6 Å². The second kappa shape index (κ2) is 7.31. The number of hydrogen-bond acceptors (Lipinski definition) is 4. The number of likely N-dealkylation sites (N-methyl/N-ethyl adjacent to an activating group) is 1. The number of unbranched alkanes of at least 4 members (excludes halogenated alkanes) is 1. The molecule has 0 radical (unpaired) electrons. The van der Waals surface area contributed by atoms with Crippen molar-refractivity contribution in [1.82, 2.24) is 9.62 Å². The highest BCUT2D eigenvalue weighted by Gasteiger charge is 2.27. The van der Waals surface area contributed by atoms with Gasteiger partial charge in [0.1, 0.15) is 0 Å². The molecular weight excluding hydrogens is 238 g/mol. The maximum absolute atomic E-state index is 11.6. The third-order valence-electron chi connectivity index (χ3n) is 3.06. The van der Waals surface area contributed by atoms with Crippen molar-refractivity contribution in [2.24, 2.45) is 5.73 Å². The molecule has 17 heavy (non-hydrogen) atoms. The summed E-state index contributed by atoms with van der Waals surface area (Å²) in [5.41, 5.74) is 5.33. The molecule has 1 aliphatic carbocycles. The maximum atomic E-state index is 11.6. The van der Waals surface area contributed by atoms with E-state index in [4.69, 9.17) is 5.73 Å². The predicted molar refractivity (Wildman–Crippen MR) is 70.3 cm³/mol. The van der Waals surface area contributed by atoms with Crippen LogP contribution >= 0.6 is 0 Å². The van der Waals surface area contributed by atoms with Crippen LogP contribution in [0.15, 0.2) is 0 Å². The molecule has 0 aromatic carbocycles. The molecule has 1 rings (SSSR count). The number of rotatable bonds is 10. The van der Waals surface area contributed by atoms with E-state index < -0.39 is 10.0 Å². The molecule has 102 valence electrons. The summed E-state index contributed by atoms with van der Waals surface area (Å²) < 4.78 is 25.8. The first-order valence-corrected chi connectivity index (χ1v) is 8.15. The molecule has 0 spiro atoms. The smallest absolute Gasteiger partial charge is 0.211 e. The Hall–Kier alpha value is -0.170. The Bertz CT molecular complexity index is 302. The Balaban J connectivity index is 2.15. The summed E-state index contributed by atoms with van der Waals surface area (Å²) in [5, 5.41) is 0. The molecule has 0 atom stereocenters. The van der Waals surface area contributed by atoms with Crippen LogP contribution < -0.4 is 10.5 Å². The minimum Gasteiger partial charge on any atom is -0.330 e. The van der Waals surface area contributed by atoms with Gasteiger partial charge in [-0.1, -0.05) is 6.92 Å². The Labute approximate surface area is 105 Å². The summed E-state index contributed by atoms with van der Waals surface area (Å²) in [7, 11) is -3.10. The van der Waals surface area contributed by atoms with Crippen molar-refractivity contribution >= 4 is 10.0 Å². The zero-order valence-corrected chi connectivity index (χ0v) is 11.5. The molecule has 0 bridgehead atoms. The van der Waals surface area contributed by atoms with Crippen LogP contribution in [0.3, 0.4) is 0 Å². The van der Waals surface area contributed by atoms with Gasteiger partial charge in [0.05, 0.1) is 5.75 Å². The van der Waals surface area contributed by atoms with Crippen molar-refractivity contribution in [1.29, 1.82) is 0 Å². The van der Waals surface area contributed by atoms with Gasteiger partial charge in [0.2, 0.25) is 10.0 Å². The van der Waals surface area contributed by atoms with Gasteiger partial charge in [0.15, 0.2) is 0 Å². The summed E-state index contributed by atoms with van der Waals surface area (Å²) in [6.45, 7) is 5.01. The van der Waals surface area contributed by atoms with E-state index in [9.17, 15) is 8.42 Å². The molecule has 0 aromatic heterocycles. The average Bonchev–Trinajstić information content (AvgIpc) is 3.08. The summed E-state index contributed by atoms with van der Waals surface area (Å²) in [6, 6.07) is 0.696. The number of nitrogens with zero attached hydrogens (tertiary/aromatic N) is 1. The lowest BCUT2D eigenvalue weighted by Gasteiger charge is -2.19. The third-order valence-corrected chi connectivity index (χ3v) is 4.53. The van der Waals surface area contributed by atoms with Crippen LogP contribution in [-0.4, -0.2) is 51.3 Å². The highest BCUT2D eigenvalue weighted by Crippen LogP contribution is 2.25. The Kier molecular flexibility index (Phi) is 6.40. The van der Waals surface area contributed by atoms with Gasteiger partial charge in [-0.15, -0.1) is 0 Å². The van der Waals surface area contributed by atoms with E-state index in [2.05, 4.69) is 16.5 Å². The van der Waals surface area contributed by atoms with Gasteiger partial charge in [-0.2, -0.15) is 0 Å². The highest BCUT2D eigenvalue weighted by atomic mass is 32.2. The quantitative estimate of drug-likeness (QED) is 0.549. The fourth-order valence-electron chi connectivity index (χ4n) is 1.89. The van der Waals surface area contributed by atoms with Crippen molar-refractivity contribution in [2.75, 3.05) is 31.9 Å². The van der Waals surface area contributed by atoms with Crippen LogP contribution in [-0.2, 0) is 10.0 Å². The van der Waals surface area contributed by atoms with Gasteiger partial charge >= 0.3 is 0 Å². The van der Waals surface area contributed by atoms with Gasteiger partial charge in [0.25, 0.3) is 0 Å². The van der Waals surface area contributed by atoms with E-state index >= 15 is 0 Å². The first kappa shape index (κ1) is 14.9. The van der Waals surface area contributed by atoms with Crippen molar-refractivity contribution < 1.29 is 8.42 Å². The first-order chi connectivity index (χ1) is 8.09. The maximum Gasteiger partial charge on any atom is 0.211 e. The second-order valence-corrected chi connectivity index (χ2v) is 6.50. The van der Waals surface area contributed by atoms with Crippen LogP contribution in [0.25, 0.3) is 0 Å². The van der Waals surface area contributed by atoms with Crippen LogP contribution in [0.1, 0.15) is 32.6 Å². The number of nitrogens with one attached hydrogen (secondary N) is 1. The van der Waals surface area contributed by atoms with Gasteiger partial charge in [0, 0.05) is 19.1 Å². The Morgan fingerprint density at radius 2 is 2.06 bits per heavy atom. The summed E-state index contributed by atoms with van der Waals surface area (Å²) >= 11 is 0. The topological polar surface area (TPSA) is 75.4 Å². The lowest BCUT2D eigenvalue weighted by Crippen LogP contribution is -2.37. The van der Waals surface area contributed by atoms with Gasteiger partial charge in [-0.05, 0) is 38.8 Å². The van der Waals surface area contributed by atoms with Crippen LogP contribution in [0, 0.1) is 0 Å². The van der Waals surface area contributed by atoms with Crippen LogP contribution in [0.4, 0.5) is 0 Å². The minimum absolute atomic E-state index is 0.194. The average molecular weight is 263 g/mol. The molecular formula is C11H25N3O2S. The zero-order chi connectivity index (χ0) is 12.7. The highest BCUT2D eigenvalue weighted by molar-refractivity contribution is 7.89. The minimum atomic E-state index is -3.10. The fraction of sp³-hybridized carbons (Fsp3) is 1.00. The standard InChI is InChI=1S/C11H25N3O2S/c1-2-14(11-5-6-11)9-8-13-17(15,16)10-4-3-7-12/h11,13H,2-10,12H2,1H3. The largest absolute Gasteiger partial charge is 0.330 e. The Morgan fingerprint density at radius 1 is 1.35 bits per heavy atom. The number of sulfonamides is 1. The predicted octanol–water partition coefficient (Wildman–Crippen LogP) is 0.129. The van der Waals surface area contributed by atoms with Crippen LogP contribution in [0.2, 0.25) is 0 Å². The van der Waals surface area contributed by atoms with Gasteiger partial charge in [-0.3, -0.25) is 4.90 Å². The van der Waals surface area contributed by atoms with Crippen molar-refractivity contribution in [3.05, 3.63) is 0 Å².